The number of likely N-dealkylation sites (tertiary alicyclic amines) is 1. The molecule has 0 spiro atoms. The fourth-order valence-electron chi connectivity index (χ4n) is 4.78. The lowest BCUT2D eigenvalue weighted by atomic mass is 9.80. The van der Waals surface area contributed by atoms with Crippen molar-refractivity contribution in [3.05, 3.63) is 23.8 Å². The quantitative estimate of drug-likeness (QED) is 0.761. The highest BCUT2D eigenvalue weighted by Crippen LogP contribution is 2.32. The SMILES string of the molecule is CCN(CC)c1ccc(NC(=O)C2CCC(C(=O)N3CCCCC3)CC2)c(C)c1. The van der Waals surface area contributed by atoms with Gasteiger partial charge in [0.25, 0.3) is 0 Å². The number of benzene rings is 1. The molecule has 5 heteroatoms. The molecule has 5 nitrogen and oxygen atoms in total. The van der Waals surface area contributed by atoms with E-state index < -0.39 is 0 Å². The van der Waals surface area contributed by atoms with Crippen molar-refractivity contribution in [3.63, 3.8) is 0 Å². The number of aryl methyl sites for hydroxylation is 1. The maximum absolute atomic E-state index is 12.8. The number of carbonyl (C=O) groups is 2. The first-order valence-electron chi connectivity index (χ1n) is 11.5. The van der Waals surface area contributed by atoms with Crippen LogP contribution in [-0.4, -0.2) is 42.9 Å². The van der Waals surface area contributed by atoms with E-state index >= 15 is 0 Å². The number of piperidine rings is 1. The highest BCUT2D eigenvalue weighted by molar-refractivity contribution is 5.93. The Balaban J connectivity index is 1.52. The van der Waals surface area contributed by atoms with Crippen molar-refractivity contribution in [3.8, 4) is 0 Å². The van der Waals surface area contributed by atoms with E-state index in [9.17, 15) is 9.59 Å². The van der Waals surface area contributed by atoms with Gasteiger partial charge in [0.15, 0.2) is 0 Å². The topological polar surface area (TPSA) is 52.7 Å². The van der Waals surface area contributed by atoms with Crippen molar-refractivity contribution in [2.45, 2.75) is 65.7 Å². The van der Waals surface area contributed by atoms with Gasteiger partial charge >= 0.3 is 0 Å². The molecule has 2 amide bonds. The van der Waals surface area contributed by atoms with Gasteiger partial charge < -0.3 is 15.1 Å². The van der Waals surface area contributed by atoms with E-state index in [1.165, 1.54) is 12.1 Å². The van der Waals surface area contributed by atoms with E-state index in [-0.39, 0.29) is 17.7 Å². The monoisotopic (exact) mass is 399 g/mol. The number of amides is 2. The van der Waals surface area contributed by atoms with Crippen LogP contribution in [0.5, 0.6) is 0 Å². The van der Waals surface area contributed by atoms with Crippen molar-refractivity contribution < 1.29 is 9.59 Å². The van der Waals surface area contributed by atoms with Gasteiger partial charge in [0.05, 0.1) is 0 Å². The number of anilines is 2. The second-order valence-corrected chi connectivity index (χ2v) is 8.60. The molecule has 1 aliphatic carbocycles. The van der Waals surface area contributed by atoms with Crippen molar-refractivity contribution in [1.29, 1.82) is 0 Å². The normalized spacial score (nSPS) is 22.2. The van der Waals surface area contributed by atoms with Gasteiger partial charge in [0, 0.05) is 49.4 Å². The summed E-state index contributed by atoms with van der Waals surface area (Å²) >= 11 is 0. The first-order valence-corrected chi connectivity index (χ1v) is 11.5. The lowest BCUT2D eigenvalue weighted by Gasteiger charge is -2.33. The molecule has 1 saturated heterocycles. The molecular formula is C24H37N3O2. The van der Waals surface area contributed by atoms with Crippen LogP contribution in [0.25, 0.3) is 0 Å². The maximum Gasteiger partial charge on any atom is 0.227 e. The van der Waals surface area contributed by atoms with Gasteiger partial charge in [-0.25, -0.2) is 0 Å². The lowest BCUT2D eigenvalue weighted by molar-refractivity contribution is -0.138. The van der Waals surface area contributed by atoms with E-state index in [0.717, 1.165) is 76.0 Å². The molecule has 2 fully saturated rings. The number of rotatable bonds is 6. The average molecular weight is 400 g/mol. The predicted octanol–water partition coefficient (Wildman–Crippen LogP) is 4.60. The Labute approximate surface area is 175 Å². The van der Waals surface area contributed by atoms with E-state index in [1.807, 2.05) is 6.07 Å². The van der Waals surface area contributed by atoms with Crippen LogP contribution < -0.4 is 10.2 Å². The van der Waals surface area contributed by atoms with Crippen LogP contribution in [0.15, 0.2) is 18.2 Å². The van der Waals surface area contributed by atoms with Crippen LogP contribution in [0, 0.1) is 18.8 Å². The van der Waals surface area contributed by atoms with Crippen LogP contribution in [-0.2, 0) is 9.59 Å². The van der Waals surface area contributed by atoms with Crippen molar-refractivity contribution >= 4 is 23.2 Å². The van der Waals surface area contributed by atoms with Crippen LogP contribution in [0.4, 0.5) is 11.4 Å². The first-order chi connectivity index (χ1) is 14.0. The minimum atomic E-state index is 0.0160. The Morgan fingerprint density at radius 3 is 2.21 bits per heavy atom. The number of carbonyl (C=O) groups excluding carboxylic acids is 2. The first kappa shape index (κ1) is 21.7. The van der Waals surface area contributed by atoms with Gasteiger partial charge in [-0.3, -0.25) is 9.59 Å². The molecule has 0 bridgehead atoms. The molecule has 1 N–H and O–H groups in total. The fourth-order valence-corrected chi connectivity index (χ4v) is 4.78. The summed E-state index contributed by atoms with van der Waals surface area (Å²) in [6, 6.07) is 6.26. The van der Waals surface area contributed by atoms with Crippen LogP contribution >= 0.6 is 0 Å². The molecule has 0 aromatic heterocycles. The van der Waals surface area contributed by atoms with E-state index in [4.69, 9.17) is 0 Å². The Bertz CT molecular complexity index is 700. The molecule has 0 atom stereocenters. The summed E-state index contributed by atoms with van der Waals surface area (Å²) in [5, 5.41) is 3.14. The van der Waals surface area contributed by atoms with Gasteiger partial charge in [-0.15, -0.1) is 0 Å². The summed E-state index contributed by atoms with van der Waals surface area (Å²) in [6.07, 6.45) is 6.82. The summed E-state index contributed by atoms with van der Waals surface area (Å²) in [5.74, 6) is 0.563. The van der Waals surface area contributed by atoms with Gasteiger partial charge in [-0.05, 0) is 89.5 Å². The Hall–Kier alpha value is -2.04. The zero-order valence-corrected chi connectivity index (χ0v) is 18.4. The van der Waals surface area contributed by atoms with E-state index in [2.05, 4.69) is 48.0 Å². The minimum Gasteiger partial charge on any atom is -0.372 e. The zero-order chi connectivity index (χ0) is 20.8. The van der Waals surface area contributed by atoms with Gasteiger partial charge in [0.2, 0.25) is 11.8 Å². The third-order valence-electron chi connectivity index (χ3n) is 6.71. The molecule has 1 aromatic carbocycles. The van der Waals surface area contributed by atoms with E-state index in [0.29, 0.717) is 5.91 Å². The minimum absolute atomic E-state index is 0.0160. The van der Waals surface area contributed by atoms with E-state index in [1.54, 1.807) is 0 Å². The molecule has 1 aliphatic heterocycles. The Morgan fingerprint density at radius 1 is 1.00 bits per heavy atom. The molecule has 29 heavy (non-hydrogen) atoms. The molecule has 160 valence electrons. The van der Waals surface area contributed by atoms with Crippen LogP contribution in [0.3, 0.4) is 0 Å². The zero-order valence-electron chi connectivity index (χ0n) is 18.4. The Morgan fingerprint density at radius 2 is 1.62 bits per heavy atom. The summed E-state index contributed by atoms with van der Waals surface area (Å²) in [7, 11) is 0. The number of hydrogen-bond donors (Lipinski definition) is 1. The van der Waals surface area contributed by atoms with Crippen LogP contribution in [0.1, 0.15) is 64.4 Å². The molecule has 0 radical (unpaired) electrons. The summed E-state index contributed by atoms with van der Waals surface area (Å²) in [4.78, 5) is 29.9. The predicted molar refractivity (Wildman–Crippen MR) is 119 cm³/mol. The average Bonchev–Trinajstić information content (AvgIpc) is 2.76. The third kappa shape index (κ3) is 5.31. The standard InChI is InChI=1S/C24H37N3O2/c1-4-26(5-2)21-13-14-22(18(3)17-21)25-23(28)19-9-11-20(12-10-19)24(29)27-15-7-6-8-16-27/h13-14,17,19-20H,4-12,15-16H2,1-3H3,(H,25,28). The van der Waals surface area contributed by atoms with Crippen LogP contribution in [0.2, 0.25) is 0 Å². The Kier molecular flexibility index (Phi) is 7.57. The van der Waals surface area contributed by atoms with Crippen molar-refractivity contribution in [2.24, 2.45) is 11.8 Å². The van der Waals surface area contributed by atoms with Crippen molar-refractivity contribution in [2.75, 3.05) is 36.4 Å². The molecule has 1 saturated carbocycles. The molecule has 3 rings (SSSR count). The third-order valence-corrected chi connectivity index (χ3v) is 6.71. The van der Waals surface area contributed by atoms with Gasteiger partial charge in [-0.1, -0.05) is 0 Å². The van der Waals surface area contributed by atoms with Gasteiger partial charge in [0.1, 0.15) is 0 Å². The number of nitrogens with one attached hydrogen (secondary N) is 1. The number of hydrogen-bond acceptors (Lipinski definition) is 3. The fraction of sp³-hybridized carbons (Fsp3) is 0.667. The number of nitrogens with zero attached hydrogens (tertiary/aromatic N) is 2. The summed E-state index contributed by atoms with van der Waals surface area (Å²) in [6.45, 7) is 10.1. The molecular weight excluding hydrogens is 362 g/mol. The second-order valence-electron chi connectivity index (χ2n) is 8.60. The molecule has 1 heterocycles. The summed E-state index contributed by atoms with van der Waals surface area (Å²) < 4.78 is 0. The molecule has 2 aliphatic rings. The smallest absolute Gasteiger partial charge is 0.227 e. The van der Waals surface area contributed by atoms with Crippen molar-refractivity contribution in [1.82, 2.24) is 4.90 Å². The highest BCUT2D eigenvalue weighted by Gasteiger charge is 2.32. The van der Waals surface area contributed by atoms with Gasteiger partial charge in [-0.2, -0.15) is 0 Å². The highest BCUT2D eigenvalue weighted by atomic mass is 16.2. The molecule has 0 unspecified atom stereocenters. The maximum atomic E-state index is 12.8. The lowest BCUT2D eigenvalue weighted by Crippen LogP contribution is -2.41. The summed E-state index contributed by atoms with van der Waals surface area (Å²) in [5.41, 5.74) is 3.19. The second kappa shape index (κ2) is 10.1. The molecule has 1 aromatic rings. The largest absolute Gasteiger partial charge is 0.372 e.